The molecule has 0 amide bonds. The predicted octanol–water partition coefficient (Wildman–Crippen LogP) is 3.03. The first-order valence-corrected chi connectivity index (χ1v) is 7.02. The molecule has 2 rings (SSSR count). The van der Waals surface area contributed by atoms with Crippen LogP contribution in [0, 0.1) is 13.8 Å². The fraction of sp³-hybridized carbons (Fsp3) is 0.438. The van der Waals surface area contributed by atoms with Gasteiger partial charge >= 0.3 is 0 Å². The second-order valence-corrected chi connectivity index (χ2v) is 5.10. The van der Waals surface area contributed by atoms with Crippen molar-refractivity contribution in [2.75, 3.05) is 13.1 Å². The van der Waals surface area contributed by atoms with Gasteiger partial charge in [0.25, 0.3) is 0 Å². The molecule has 1 heterocycles. The Kier molecular flexibility index (Phi) is 4.74. The second-order valence-electron chi connectivity index (χ2n) is 5.10. The lowest BCUT2D eigenvalue weighted by Gasteiger charge is -2.04. The highest BCUT2D eigenvalue weighted by atomic mass is 15.3. The number of hydrogen-bond donors (Lipinski definition) is 1. The van der Waals surface area contributed by atoms with Gasteiger partial charge in [0.1, 0.15) is 0 Å². The zero-order valence-corrected chi connectivity index (χ0v) is 12.1. The summed E-state index contributed by atoms with van der Waals surface area (Å²) in [6.07, 6.45) is 6.36. The first kappa shape index (κ1) is 13.8. The molecule has 0 saturated heterocycles. The fourth-order valence-corrected chi connectivity index (χ4v) is 2.31. The minimum atomic E-state index is 1.04. The average molecular weight is 257 g/mol. The molecule has 0 aliphatic rings. The molecule has 0 fully saturated rings. The molecule has 19 heavy (non-hydrogen) atoms. The van der Waals surface area contributed by atoms with Crippen molar-refractivity contribution >= 4 is 0 Å². The van der Waals surface area contributed by atoms with Crippen molar-refractivity contribution in [2.45, 2.75) is 33.6 Å². The van der Waals surface area contributed by atoms with E-state index in [1.165, 1.54) is 16.7 Å². The molecular weight excluding hydrogens is 234 g/mol. The third kappa shape index (κ3) is 3.93. The summed E-state index contributed by atoms with van der Waals surface area (Å²) < 4.78 is 1.97. The van der Waals surface area contributed by atoms with E-state index in [4.69, 9.17) is 0 Å². The number of hydrogen-bond acceptors (Lipinski definition) is 2. The van der Waals surface area contributed by atoms with Crippen molar-refractivity contribution in [1.82, 2.24) is 15.1 Å². The minimum Gasteiger partial charge on any atom is -0.317 e. The van der Waals surface area contributed by atoms with Gasteiger partial charge < -0.3 is 5.32 Å². The van der Waals surface area contributed by atoms with Crippen LogP contribution < -0.4 is 5.32 Å². The van der Waals surface area contributed by atoms with Gasteiger partial charge in [0.05, 0.1) is 11.9 Å². The van der Waals surface area contributed by atoms with Crippen LogP contribution in [0.3, 0.4) is 0 Å². The quantitative estimate of drug-likeness (QED) is 0.806. The van der Waals surface area contributed by atoms with Crippen molar-refractivity contribution in [1.29, 1.82) is 0 Å². The molecular formula is C16H23N3. The third-order valence-electron chi connectivity index (χ3n) is 3.18. The molecule has 3 nitrogen and oxygen atoms in total. The smallest absolute Gasteiger partial charge is 0.0650 e. The molecule has 0 bridgehead atoms. The summed E-state index contributed by atoms with van der Waals surface area (Å²) in [5, 5.41) is 7.81. The van der Waals surface area contributed by atoms with Gasteiger partial charge in [-0.2, -0.15) is 5.10 Å². The van der Waals surface area contributed by atoms with Crippen molar-refractivity contribution in [3.05, 3.63) is 47.3 Å². The molecule has 0 atom stereocenters. The van der Waals surface area contributed by atoms with Crippen LogP contribution in [0.5, 0.6) is 0 Å². The van der Waals surface area contributed by atoms with E-state index in [2.05, 4.69) is 55.6 Å². The number of nitrogens with one attached hydrogen (secondary N) is 1. The monoisotopic (exact) mass is 257 g/mol. The van der Waals surface area contributed by atoms with Crippen molar-refractivity contribution in [3.63, 3.8) is 0 Å². The number of benzene rings is 1. The molecule has 1 aromatic heterocycles. The molecule has 1 N–H and O–H groups in total. The maximum Gasteiger partial charge on any atom is 0.0650 e. The lowest BCUT2D eigenvalue weighted by molar-refractivity contribution is 0.672. The van der Waals surface area contributed by atoms with Gasteiger partial charge in [-0.3, -0.25) is 0 Å². The molecule has 2 aromatic rings. The van der Waals surface area contributed by atoms with Gasteiger partial charge in [0.2, 0.25) is 0 Å². The molecule has 0 spiro atoms. The summed E-state index contributed by atoms with van der Waals surface area (Å²) in [5.74, 6) is 0. The molecule has 102 valence electrons. The highest BCUT2D eigenvalue weighted by Gasteiger charge is 2.02. The van der Waals surface area contributed by atoms with Crippen LogP contribution >= 0.6 is 0 Å². The van der Waals surface area contributed by atoms with Crippen LogP contribution in [0.4, 0.5) is 0 Å². The zero-order valence-electron chi connectivity index (χ0n) is 12.1. The summed E-state index contributed by atoms with van der Waals surface area (Å²) in [6.45, 7) is 8.50. The highest BCUT2D eigenvalue weighted by Crippen LogP contribution is 2.14. The van der Waals surface area contributed by atoms with E-state index < -0.39 is 0 Å². The van der Waals surface area contributed by atoms with Crippen molar-refractivity contribution in [2.24, 2.45) is 0 Å². The van der Waals surface area contributed by atoms with E-state index in [1.807, 2.05) is 10.9 Å². The Labute approximate surface area is 115 Å². The van der Waals surface area contributed by atoms with E-state index in [1.54, 1.807) is 0 Å². The summed E-state index contributed by atoms with van der Waals surface area (Å²) in [4.78, 5) is 0. The van der Waals surface area contributed by atoms with Crippen molar-refractivity contribution in [3.8, 4) is 5.69 Å². The normalized spacial score (nSPS) is 10.9. The third-order valence-corrected chi connectivity index (χ3v) is 3.18. The molecule has 0 radical (unpaired) electrons. The zero-order chi connectivity index (χ0) is 13.7. The summed E-state index contributed by atoms with van der Waals surface area (Å²) in [7, 11) is 0. The minimum absolute atomic E-state index is 1.04. The Bertz CT molecular complexity index is 508. The summed E-state index contributed by atoms with van der Waals surface area (Å²) >= 11 is 0. The Hall–Kier alpha value is -1.61. The van der Waals surface area contributed by atoms with Gasteiger partial charge in [0.15, 0.2) is 0 Å². The van der Waals surface area contributed by atoms with Gasteiger partial charge in [0, 0.05) is 6.20 Å². The van der Waals surface area contributed by atoms with E-state index in [-0.39, 0.29) is 0 Å². The SMILES string of the molecule is CCNCCCc1cnn(-c2cc(C)cc(C)c2)c1. The lowest BCUT2D eigenvalue weighted by atomic mass is 10.1. The van der Waals surface area contributed by atoms with E-state index in [9.17, 15) is 0 Å². The van der Waals surface area contributed by atoms with Crippen LogP contribution in [0.2, 0.25) is 0 Å². The Balaban J connectivity index is 2.03. The summed E-state index contributed by atoms with van der Waals surface area (Å²) in [6, 6.07) is 6.52. The Morgan fingerprint density at radius 3 is 2.58 bits per heavy atom. The van der Waals surface area contributed by atoms with Crippen LogP contribution in [-0.4, -0.2) is 22.9 Å². The van der Waals surface area contributed by atoms with E-state index >= 15 is 0 Å². The molecule has 0 unspecified atom stereocenters. The number of aryl methyl sites for hydroxylation is 3. The maximum atomic E-state index is 4.46. The maximum absolute atomic E-state index is 4.46. The van der Waals surface area contributed by atoms with Gasteiger partial charge in [-0.05, 0) is 68.6 Å². The Morgan fingerprint density at radius 1 is 1.16 bits per heavy atom. The number of aromatic nitrogens is 2. The van der Waals surface area contributed by atoms with Crippen LogP contribution in [0.15, 0.2) is 30.6 Å². The number of rotatable bonds is 6. The summed E-state index contributed by atoms with van der Waals surface area (Å²) in [5.41, 5.74) is 5.01. The molecule has 0 saturated carbocycles. The Morgan fingerprint density at radius 2 is 1.89 bits per heavy atom. The first-order valence-electron chi connectivity index (χ1n) is 7.02. The molecule has 3 heteroatoms. The standard InChI is InChI=1S/C16H23N3/c1-4-17-7-5-6-15-11-18-19(12-15)16-9-13(2)8-14(3)10-16/h8-12,17H,4-7H2,1-3H3. The van der Waals surface area contributed by atoms with Crippen molar-refractivity contribution < 1.29 is 0 Å². The number of nitrogens with zero attached hydrogens (tertiary/aromatic N) is 2. The first-order chi connectivity index (χ1) is 9.19. The van der Waals surface area contributed by atoms with Crippen LogP contribution in [-0.2, 0) is 6.42 Å². The van der Waals surface area contributed by atoms with E-state index in [0.29, 0.717) is 0 Å². The second kappa shape index (κ2) is 6.53. The van der Waals surface area contributed by atoms with E-state index in [0.717, 1.165) is 31.6 Å². The van der Waals surface area contributed by atoms with Crippen LogP contribution in [0.1, 0.15) is 30.0 Å². The van der Waals surface area contributed by atoms with Gasteiger partial charge in [-0.1, -0.05) is 13.0 Å². The molecule has 0 aliphatic carbocycles. The van der Waals surface area contributed by atoms with Gasteiger partial charge in [-0.15, -0.1) is 0 Å². The lowest BCUT2D eigenvalue weighted by Crippen LogP contribution is -2.14. The fourth-order valence-electron chi connectivity index (χ4n) is 2.31. The predicted molar refractivity (Wildman–Crippen MR) is 79.9 cm³/mol. The average Bonchev–Trinajstić information content (AvgIpc) is 2.82. The highest BCUT2D eigenvalue weighted by molar-refractivity contribution is 5.39. The van der Waals surface area contributed by atoms with Crippen LogP contribution in [0.25, 0.3) is 5.69 Å². The molecule has 1 aromatic carbocycles. The molecule has 0 aliphatic heterocycles. The topological polar surface area (TPSA) is 29.9 Å². The van der Waals surface area contributed by atoms with Gasteiger partial charge in [-0.25, -0.2) is 4.68 Å². The largest absolute Gasteiger partial charge is 0.317 e.